The molecule has 0 radical (unpaired) electrons. The van der Waals surface area contributed by atoms with Crippen LogP contribution in [0.2, 0.25) is 0 Å². The Balaban J connectivity index is 2.03. The first kappa shape index (κ1) is 10.1. The molecule has 3 heteroatoms. The summed E-state index contributed by atoms with van der Waals surface area (Å²) in [5.41, 5.74) is 0.483. The molecule has 78 valence electrons. The zero-order valence-corrected chi connectivity index (χ0v) is 9.77. The summed E-state index contributed by atoms with van der Waals surface area (Å²) in [6, 6.07) is 0. The Bertz CT molecular complexity index is 332. The average molecular weight is 211 g/mol. The standard InChI is InChI=1S/C11H17NOS/c1-7-4-10(7)11(3,13)5-9-6-14-8(2)12-9/h6-7,10,13H,4-5H2,1-3H3. The van der Waals surface area contributed by atoms with Gasteiger partial charge in [0.25, 0.3) is 0 Å². The van der Waals surface area contributed by atoms with Gasteiger partial charge in [-0.25, -0.2) is 4.98 Å². The smallest absolute Gasteiger partial charge is 0.0897 e. The average Bonchev–Trinajstić information content (AvgIpc) is 2.67. The Hall–Kier alpha value is -0.410. The third-order valence-corrected chi connectivity index (χ3v) is 3.94. The maximum atomic E-state index is 10.3. The van der Waals surface area contributed by atoms with Crippen molar-refractivity contribution in [1.82, 2.24) is 4.98 Å². The fourth-order valence-electron chi connectivity index (χ4n) is 2.18. The van der Waals surface area contributed by atoms with Crippen molar-refractivity contribution >= 4 is 11.3 Å². The number of hydrogen-bond donors (Lipinski definition) is 1. The molecule has 1 aromatic rings. The van der Waals surface area contributed by atoms with E-state index in [0.29, 0.717) is 18.3 Å². The van der Waals surface area contributed by atoms with Gasteiger partial charge >= 0.3 is 0 Å². The summed E-state index contributed by atoms with van der Waals surface area (Å²) in [5.74, 6) is 1.16. The number of aromatic nitrogens is 1. The molecule has 1 aliphatic rings. The fraction of sp³-hybridized carbons (Fsp3) is 0.727. The van der Waals surface area contributed by atoms with E-state index in [0.717, 1.165) is 17.1 Å². The molecule has 1 heterocycles. The van der Waals surface area contributed by atoms with Crippen molar-refractivity contribution in [3.63, 3.8) is 0 Å². The summed E-state index contributed by atoms with van der Waals surface area (Å²) in [6.45, 7) is 6.14. The maximum absolute atomic E-state index is 10.3. The molecule has 0 amide bonds. The van der Waals surface area contributed by atoms with Crippen LogP contribution >= 0.6 is 11.3 Å². The first-order chi connectivity index (χ1) is 6.49. The number of thiazole rings is 1. The van der Waals surface area contributed by atoms with Crippen LogP contribution in [0.1, 0.15) is 31.0 Å². The van der Waals surface area contributed by atoms with E-state index in [2.05, 4.69) is 17.3 Å². The normalized spacial score (nSPS) is 30.0. The van der Waals surface area contributed by atoms with Gasteiger partial charge in [-0.1, -0.05) is 6.92 Å². The quantitative estimate of drug-likeness (QED) is 0.833. The summed E-state index contributed by atoms with van der Waals surface area (Å²) in [5, 5.41) is 13.4. The lowest BCUT2D eigenvalue weighted by molar-refractivity contribution is 0.0318. The molecule has 1 N–H and O–H groups in total. The molecule has 1 saturated carbocycles. The topological polar surface area (TPSA) is 33.1 Å². The van der Waals surface area contributed by atoms with Gasteiger partial charge < -0.3 is 5.11 Å². The Kier molecular flexibility index (Phi) is 2.40. The molecule has 0 bridgehead atoms. The molecule has 3 unspecified atom stereocenters. The minimum Gasteiger partial charge on any atom is -0.389 e. The molecule has 0 saturated heterocycles. The number of nitrogens with zero attached hydrogens (tertiary/aromatic N) is 1. The van der Waals surface area contributed by atoms with Gasteiger partial charge in [0.05, 0.1) is 16.3 Å². The Morgan fingerprint density at radius 2 is 2.36 bits per heavy atom. The van der Waals surface area contributed by atoms with Crippen molar-refractivity contribution < 1.29 is 5.11 Å². The monoisotopic (exact) mass is 211 g/mol. The highest BCUT2D eigenvalue weighted by Crippen LogP contribution is 2.47. The Morgan fingerprint density at radius 3 is 2.79 bits per heavy atom. The van der Waals surface area contributed by atoms with E-state index in [-0.39, 0.29) is 0 Å². The van der Waals surface area contributed by atoms with Crippen molar-refractivity contribution in [1.29, 1.82) is 0 Å². The summed E-state index contributed by atoms with van der Waals surface area (Å²) < 4.78 is 0. The van der Waals surface area contributed by atoms with Crippen molar-refractivity contribution in [3.05, 3.63) is 16.1 Å². The Labute approximate surface area is 89.0 Å². The first-order valence-electron chi connectivity index (χ1n) is 5.12. The van der Waals surface area contributed by atoms with E-state index < -0.39 is 5.60 Å². The van der Waals surface area contributed by atoms with E-state index in [1.165, 1.54) is 0 Å². The van der Waals surface area contributed by atoms with Gasteiger partial charge in [-0.15, -0.1) is 11.3 Å². The number of aliphatic hydroxyl groups is 1. The van der Waals surface area contributed by atoms with Crippen LogP contribution in [0, 0.1) is 18.8 Å². The van der Waals surface area contributed by atoms with Gasteiger partial charge in [0.2, 0.25) is 0 Å². The van der Waals surface area contributed by atoms with Crippen LogP contribution in [0.25, 0.3) is 0 Å². The van der Waals surface area contributed by atoms with Crippen LogP contribution in [0.5, 0.6) is 0 Å². The third kappa shape index (κ3) is 1.98. The maximum Gasteiger partial charge on any atom is 0.0897 e. The zero-order valence-electron chi connectivity index (χ0n) is 8.95. The van der Waals surface area contributed by atoms with Crippen LogP contribution in [0.4, 0.5) is 0 Å². The predicted octanol–water partition coefficient (Wildman–Crippen LogP) is 2.40. The van der Waals surface area contributed by atoms with Gasteiger partial charge in [0, 0.05) is 11.8 Å². The fourth-order valence-corrected chi connectivity index (χ4v) is 2.79. The second kappa shape index (κ2) is 3.31. The van der Waals surface area contributed by atoms with E-state index in [4.69, 9.17) is 0 Å². The van der Waals surface area contributed by atoms with Crippen LogP contribution in [-0.2, 0) is 6.42 Å². The van der Waals surface area contributed by atoms with E-state index >= 15 is 0 Å². The number of aryl methyl sites for hydroxylation is 1. The third-order valence-electron chi connectivity index (χ3n) is 3.11. The molecule has 0 aliphatic heterocycles. The molecule has 1 aliphatic carbocycles. The molecule has 1 fully saturated rings. The van der Waals surface area contributed by atoms with E-state index in [1.54, 1.807) is 11.3 Å². The van der Waals surface area contributed by atoms with E-state index in [9.17, 15) is 5.11 Å². The molecular weight excluding hydrogens is 194 g/mol. The van der Waals surface area contributed by atoms with Crippen LogP contribution in [0.3, 0.4) is 0 Å². The second-order valence-electron chi connectivity index (χ2n) is 4.71. The van der Waals surface area contributed by atoms with Crippen molar-refractivity contribution in [2.75, 3.05) is 0 Å². The molecule has 2 rings (SSSR count). The molecule has 1 aromatic heterocycles. The Morgan fingerprint density at radius 1 is 1.71 bits per heavy atom. The van der Waals surface area contributed by atoms with Gasteiger partial charge in [-0.3, -0.25) is 0 Å². The zero-order chi connectivity index (χ0) is 10.3. The lowest BCUT2D eigenvalue weighted by Gasteiger charge is -2.22. The largest absolute Gasteiger partial charge is 0.389 e. The predicted molar refractivity (Wildman–Crippen MR) is 58.4 cm³/mol. The first-order valence-corrected chi connectivity index (χ1v) is 6.00. The number of rotatable bonds is 3. The highest BCUT2D eigenvalue weighted by molar-refractivity contribution is 7.09. The van der Waals surface area contributed by atoms with Crippen molar-refractivity contribution in [3.8, 4) is 0 Å². The molecule has 3 atom stereocenters. The molecular formula is C11H17NOS. The highest BCUT2D eigenvalue weighted by Gasteiger charge is 2.46. The van der Waals surface area contributed by atoms with Gasteiger partial charge in [-0.05, 0) is 32.1 Å². The van der Waals surface area contributed by atoms with Crippen LogP contribution < -0.4 is 0 Å². The number of hydrogen-bond acceptors (Lipinski definition) is 3. The van der Waals surface area contributed by atoms with Gasteiger partial charge in [-0.2, -0.15) is 0 Å². The van der Waals surface area contributed by atoms with E-state index in [1.807, 2.05) is 13.8 Å². The van der Waals surface area contributed by atoms with Crippen molar-refractivity contribution in [2.45, 2.75) is 39.2 Å². The lowest BCUT2D eigenvalue weighted by Crippen LogP contribution is -2.30. The van der Waals surface area contributed by atoms with Crippen LogP contribution in [-0.4, -0.2) is 15.7 Å². The molecule has 0 spiro atoms. The minimum atomic E-state index is -0.556. The minimum absolute atomic E-state index is 0.476. The molecule has 2 nitrogen and oxygen atoms in total. The van der Waals surface area contributed by atoms with Crippen LogP contribution in [0.15, 0.2) is 5.38 Å². The summed E-state index contributed by atoms with van der Waals surface area (Å²) >= 11 is 1.66. The molecule has 14 heavy (non-hydrogen) atoms. The SMILES string of the molecule is Cc1nc(CC(C)(O)C2CC2C)cs1. The highest BCUT2D eigenvalue weighted by atomic mass is 32.1. The van der Waals surface area contributed by atoms with Crippen molar-refractivity contribution in [2.24, 2.45) is 11.8 Å². The lowest BCUT2D eigenvalue weighted by atomic mass is 9.93. The second-order valence-corrected chi connectivity index (χ2v) is 5.77. The van der Waals surface area contributed by atoms with Gasteiger partial charge in [0.1, 0.15) is 0 Å². The molecule has 0 aromatic carbocycles. The summed E-state index contributed by atoms with van der Waals surface area (Å²) in [4.78, 5) is 4.39. The summed E-state index contributed by atoms with van der Waals surface area (Å²) in [7, 11) is 0. The summed E-state index contributed by atoms with van der Waals surface area (Å²) in [6.07, 6.45) is 1.86. The van der Waals surface area contributed by atoms with Gasteiger partial charge in [0.15, 0.2) is 0 Å².